The van der Waals surface area contributed by atoms with Gasteiger partial charge >= 0.3 is 0 Å². The van der Waals surface area contributed by atoms with Gasteiger partial charge in [-0.15, -0.1) is 0 Å². The third-order valence-electron chi connectivity index (χ3n) is 5.46. The van der Waals surface area contributed by atoms with Crippen LogP contribution in [-0.4, -0.2) is 38.5 Å². The molecule has 0 saturated heterocycles. The maximum atomic E-state index is 13.5. The SMILES string of the molecule is CCC1c2[nH]c3ccccc3c2CCN1S(=O)(=O)c1ccc(OC)c(OC)c1. The molecule has 148 valence electrons. The molecule has 0 bridgehead atoms. The first-order valence-corrected chi connectivity index (χ1v) is 10.8. The van der Waals surface area contributed by atoms with Crippen LogP contribution in [0.5, 0.6) is 11.5 Å². The van der Waals surface area contributed by atoms with E-state index in [1.165, 1.54) is 31.2 Å². The summed E-state index contributed by atoms with van der Waals surface area (Å²) in [7, 11) is -0.654. The standard InChI is InChI=1S/C21H24N2O4S/c1-4-18-21-16(15-7-5-6-8-17(15)22-21)11-12-23(18)28(24,25)14-9-10-19(26-2)20(13-14)27-3/h5-10,13,18,22H,4,11-12H2,1-3H3. The number of aromatic nitrogens is 1. The quantitative estimate of drug-likeness (QED) is 0.705. The molecule has 1 aliphatic heterocycles. The van der Waals surface area contributed by atoms with Crippen molar-refractivity contribution in [3.8, 4) is 11.5 Å². The van der Waals surface area contributed by atoms with Gasteiger partial charge in [-0.1, -0.05) is 25.1 Å². The molecule has 6 nitrogen and oxygen atoms in total. The number of ether oxygens (including phenoxy) is 2. The van der Waals surface area contributed by atoms with E-state index in [0.717, 1.165) is 11.2 Å². The van der Waals surface area contributed by atoms with E-state index in [2.05, 4.69) is 11.1 Å². The second-order valence-electron chi connectivity index (χ2n) is 6.87. The fraction of sp³-hybridized carbons (Fsp3) is 0.333. The minimum atomic E-state index is -3.68. The summed E-state index contributed by atoms with van der Waals surface area (Å²) in [6.07, 6.45) is 1.37. The van der Waals surface area contributed by atoms with Gasteiger partial charge in [0.25, 0.3) is 0 Å². The predicted octanol–water partition coefficient (Wildman–Crippen LogP) is 3.88. The normalized spacial score (nSPS) is 17.5. The molecule has 1 unspecified atom stereocenters. The molecule has 28 heavy (non-hydrogen) atoms. The van der Waals surface area contributed by atoms with Crippen LogP contribution in [0.2, 0.25) is 0 Å². The zero-order valence-corrected chi connectivity index (χ0v) is 17.0. The van der Waals surface area contributed by atoms with Gasteiger partial charge in [-0.05, 0) is 36.6 Å². The number of nitrogens with zero attached hydrogens (tertiary/aromatic N) is 1. The third-order valence-corrected chi connectivity index (χ3v) is 7.36. The maximum absolute atomic E-state index is 13.5. The van der Waals surface area contributed by atoms with E-state index in [1.807, 2.05) is 25.1 Å². The van der Waals surface area contributed by atoms with E-state index in [1.54, 1.807) is 16.4 Å². The Kier molecular flexibility index (Phi) is 4.81. The molecule has 0 saturated carbocycles. The molecule has 1 aliphatic rings. The van der Waals surface area contributed by atoms with Gasteiger partial charge in [0.2, 0.25) is 10.0 Å². The second kappa shape index (κ2) is 7.14. The van der Waals surface area contributed by atoms with Crippen molar-refractivity contribution in [3.63, 3.8) is 0 Å². The zero-order valence-electron chi connectivity index (χ0n) is 16.2. The van der Waals surface area contributed by atoms with Crippen molar-refractivity contribution in [1.29, 1.82) is 0 Å². The number of rotatable bonds is 5. The summed E-state index contributed by atoms with van der Waals surface area (Å²) >= 11 is 0. The van der Waals surface area contributed by atoms with E-state index < -0.39 is 10.0 Å². The topological polar surface area (TPSA) is 71.6 Å². The van der Waals surface area contributed by atoms with Crippen LogP contribution in [0.15, 0.2) is 47.4 Å². The Morgan fingerprint density at radius 2 is 1.86 bits per heavy atom. The van der Waals surface area contributed by atoms with Crippen LogP contribution in [0.25, 0.3) is 10.9 Å². The third kappa shape index (κ3) is 2.86. The number of hydrogen-bond acceptors (Lipinski definition) is 4. The molecule has 3 aromatic rings. The lowest BCUT2D eigenvalue weighted by Gasteiger charge is -2.34. The molecule has 1 atom stereocenters. The number of benzene rings is 2. The van der Waals surface area contributed by atoms with Crippen molar-refractivity contribution in [1.82, 2.24) is 9.29 Å². The molecular formula is C21H24N2O4S. The summed E-state index contributed by atoms with van der Waals surface area (Å²) in [5, 5.41) is 1.18. The Hall–Kier alpha value is -2.51. The van der Waals surface area contributed by atoms with E-state index in [0.29, 0.717) is 30.9 Å². The van der Waals surface area contributed by atoms with Gasteiger partial charge in [-0.2, -0.15) is 4.31 Å². The maximum Gasteiger partial charge on any atom is 0.243 e. The van der Waals surface area contributed by atoms with Crippen LogP contribution in [-0.2, 0) is 16.4 Å². The largest absolute Gasteiger partial charge is 0.493 e. The summed E-state index contributed by atoms with van der Waals surface area (Å²) in [6.45, 7) is 2.46. The minimum absolute atomic E-state index is 0.211. The summed E-state index contributed by atoms with van der Waals surface area (Å²) < 4.78 is 39.1. The number of sulfonamides is 1. The number of nitrogens with one attached hydrogen (secondary N) is 1. The average molecular weight is 401 g/mol. The average Bonchev–Trinajstić information content (AvgIpc) is 3.11. The number of hydrogen-bond donors (Lipinski definition) is 1. The molecule has 0 spiro atoms. The monoisotopic (exact) mass is 400 g/mol. The molecule has 4 rings (SSSR count). The lowest BCUT2D eigenvalue weighted by Crippen LogP contribution is -2.39. The van der Waals surface area contributed by atoms with Gasteiger partial charge in [0.15, 0.2) is 11.5 Å². The Bertz CT molecular complexity index is 1120. The van der Waals surface area contributed by atoms with Crippen LogP contribution in [0.3, 0.4) is 0 Å². The molecule has 0 aliphatic carbocycles. The fourth-order valence-electron chi connectivity index (χ4n) is 4.10. The van der Waals surface area contributed by atoms with Gasteiger partial charge in [-0.3, -0.25) is 0 Å². The molecule has 1 aromatic heterocycles. The molecule has 2 aromatic carbocycles. The number of H-pyrrole nitrogens is 1. The van der Waals surface area contributed by atoms with Gasteiger partial charge < -0.3 is 14.5 Å². The van der Waals surface area contributed by atoms with Crippen molar-refractivity contribution in [2.75, 3.05) is 20.8 Å². The molecule has 7 heteroatoms. The van der Waals surface area contributed by atoms with Gasteiger partial charge in [-0.25, -0.2) is 8.42 Å². The van der Waals surface area contributed by atoms with Gasteiger partial charge in [0.05, 0.1) is 25.2 Å². The highest BCUT2D eigenvalue weighted by atomic mass is 32.2. The van der Waals surface area contributed by atoms with Crippen molar-refractivity contribution < 1.29 is 17.9 Å². The lowest BCUT2D eigenvalue weighted by molar-refractivity contribution is 0.296. The molecule has 0 fully saturated rings. The van der Waals surface area contributed by atoms with Gasteiger partial charge in [0.1, 0.15) is 0 Å². The first-order valence-electron chi connectivity index (χ1n) is 9.34. The highest BCUT2D eigenvalue weighted by Gasteiger charge is 2.37. The first kappa shape index (κ1) is 18.8. The van der Waals surface area contributed by atoms with Crippen LogP contribution in [0.1, 0.15) is 30.6 Å². The first-order chi connectivity index (χ1) is 13.5. The smallest absolute Gasteiger partial charge is 0.243 e. The van der Waals surface area contributed by atoms with Crippen LogP contribution < -0.4 is 9.47 Å². The Labute approximate surface area is 165 Å². The fourth-order valence-corrected chi connectivity index (χ4v) is 5.79. The zero-order chi connectivity index (χ0) is 19.9. The van der Waals surface area contributed by atoms with E-state index >= 15 is 0 Å². The second-order valence-corrected chi connectivity index (χ2v) is 8.76. The summed E-state index contributed by atoms with van der Waals surface area (Å²) in [5.41, 5.74) is 3.27. The van der Waals surface area contributed by atoms with E-state index in [4.69, 9.17) is 9.47 Å². The van der Waals surface area contributed by atoms with E-state index in [-0.39, 0.29) is 10.9 Å². The van der Waals surface area contributed by atoms with Gasteiger partial charge in [0, 0.05) is 29.2 Å². The number of methoxy groups -OCH3 is 2. The predicted molar refractivity (Wildman–Crippen MR) is 108 cm³/mol. The molecule has 2 heterocycles. The lowest BCUT2D eigenvalue weighted by atomic mass is 9.98. The Morgan fingerprint density at radius 3 is 2.57 bits per heavy atom. The van der Waals surface area contributed by atoms with E-state index in [9.17, 15) is 8.42 Å². The van der Waals surface area contributed by atoms with Crippen LogP contribution in [0.4, 0.5) is 0 Å². The highest BCUT2D eigenvalue weighted by Crippen LogP contribution is 2.40. The van der Waals surface area contributed by atoms with Crippen molar-refractivity contribution in [2.24, 2.45) is 0 Å². The Morgan fingerprint density at radius 1 is 1.11 bits per heavy atom. The molecular weight excluding hydrogens is 376 g/mol. The molecule has 0 radical (unpaired) electrons. The summed E-state index contributed by atoms with van der Waals surface area (Å²) in [5.74, 6) is 0.907. The number of para-hydroxylation sites is 1. The number of aromatic amines is 1. The number of fused-ring (bicyclic) bond motifs is 3. The molecule has 0 amide bonds. The van der Waals surface area contributed by atoms with Crippen molar-refractivity contribution in [3.05, 3.63) is 53.7 Å². The van der Waals surface area contributed by atoms with Crippen molar-refractivity contribution >= 4 is 20.9 Å². The Balaban J connectivity index is 1.78. The highest BCUT2D eigenvalue weighted by molar-refractivity contribution is 7.89. The van der Waals surface area contributed by atoms with Crippen LogP contribution >= 0.6 is 0 Å². The van der Waals surface area contributed by atoms with Crippen LogP contribution in [0, 0.1) is 0 Å². The summed E-state index contributed by atoms with van der Waals surface area (Å²) in [4.78, 5) is 3.67. The van der Waals surface area contributed by atoms with Crippen molar-refractivity contribution in [2.45, 2.75) is 30.7 Å². The minimum Gasteiger partial charge on any atom is -0.493 e. The summed E-state index contributed by atoms with van der Waals surface area (Å²) in [6, 6.07) is 12.6. The molecule has 1 N–H and O–H groups in total.